The van der Waals surface area contributed by atoms with Crippen LogP contribution in [0.25, 0.3) is 0 Å². The van der Waals surface area contributed by atoms with Gasteiger partial charge in [-0.05, 0) is 62.4 Å². The van der Waals surface area contributed by atoms with Crippen LogP contribution in [0, 0.1) is 10.8 Å². The van der Waals surface area contributed by atoms with Gasteiger partial charge < -0.3 is 0 Å². The maximum atomic E-state index is 2.82. The Morgan fingerprint density at radius 3 is 1.94 bits per heavy atom. The first kappa shape index (κ1) is 13.4. The zero-order chi connectivity index (χ0) is 12.7. The van der Waals surface area contributed by atoms with Gasteiger partial charge in [-0.15, -0.1) is 0 Å². The molecule has 0 aromatic rings. The zero-order valence-electron chi connectivity index (χ0n) is 12.6. The fourth-order valence-electron chi connectivity index (χ4n) is 4.02. The number of rotatable bonds is 2. The Morgan fingerprint density at radius 2 is 1.47 bits per heavy atom. The molecule has 1 atom stereocenters. The molecule has 100 valence electrons. The van der Waals surface area contributed by atoms with Gasteiger partial charge in [0.25, 0.3) is 0 Å². The molecular weight excluding hydrogens is 206 g/mol. The highest BCUT2D eigenvalue weighted by atomic mass is 15.2. The number of hydrogen-bond acceptors (Lipinski definition) is 1. The maximum Gasteiger partial charge on any atom is 0.0212 e. The Balaban J connectivity index is 2.20. The van der Waals surface area contributed by atoms with Crippen molar-refractivity contribution in [3.63, 3.8) is 0 Å². The van der Waals surface area contributed by atoms with E-state index in [2.05, 4.69) is 39.5 Å². The average molecular weight is 237 g/mol. The summed E-state index contributed by atoms with van der Waals surface area (Å²) in [6.07, 6.45) is 8.39. The number of nitrogens with zero attached hydrogens (tertiary/aromatic N) is 1. The molecule has 2 rings (SSSR count). The molecule has 0 bridgehead atoms. The summed E-state index contributed by atoms with van der Waals surface area (Å²) in [6, 6.07) is 0. The number of likely N-dealkylation sites (tertiary alicyclic amines) is 1. The topological polar surface area (TPSA) is 3.24 Å². The van der Waals surface area contributed by atoms with Crippen LogP contribution in [-0.2, 0) is 0 Å². The van der Waals surface area contributed by atoms with Gasteiger partial charge in [0, 0.05) is 5.54 Å². The van der Waals surface area contributed by atoms with Crippen molar-refractivity contribution >= 4 is 0 Å². The van der Waals surface area contributed by atoms with Gasteiger partial charge in [0.05, 0.1) is 0 Å². The average Bonchev–Trinajstić information content (AvgIpc) is 2.76. The molecule has 17 heavy (non-hydrogen) atoms. The molecule has 1 aliphatic carbocycles. The molecular formula is C16H31N. The summed E-state index contributed by atoms with van der Waals surface area (Å²) in [5.41, 5.74) is 1.50. The molecule has 1 nitrogen and oxygen atoms in total. The Hall–Kier alpha value is -0.0400. The van der Waals surface area contributed by atoms with Gasteiger partial charge >= 0.3 is 0 Å². The van der Waals surface area contributed by atoms with Gasteiger partial charge in [0.15, 0.2) is 0 Å². The highest BCUT2D eigenvalue weighted by Gasteiger charge is 2.50. The van der Waals surface area contributed by atoms with Gasteiger partial charge in [0.1, 0.15) is 0 Å². The van der Waals surface area contributed by atoms with Gasteiger partial charge in [-0.2, -0.15) is 0 Å². The number of hydrogen-bond donors (Lipinski definition) is 0. The molecule has 2 fully saturated rings. The van der Waals surface area contributed by atoms with Crippen LogP contribution in [0.5, 0.6) is 0 Å². The van der Waals surface area contributed by atoms with Gasteiger partial charge in [-0.1, -0.05) is 34.6 Å². The van der Waals surface area contributed by atoms with Crippen LogP contribution in [0.3, 0.4) is 0 Å². The second kappa shape index (κ2) is 4.26. The minimum absolute atomic E-state index is 0.476. The molecule has 0 radical (unpaired) electrons. The lowest BCUT2D eigenvalue weighted by Gasteiger charge is -2.57. The third-order valence-corrected chi connectivity index (χ3v) is 6.25. The van der Waals surface area contributed by atoms with Crippen molar-refractivity contribution in [3.05, 3.63) is 0 Å². The van der Waals surface area contributed by atoms with Crippen molar-refractivity contribution < 1.29 is 0 Å². The molecule has 1 aliphatic heterocycles. The van der Waals surface area contributed by atoms with Crippen LogP contribution in [0.2, 0.25) is 0 Å². The predicted octanol–water partition coefficient (Wildman–Crippen LogP) is 4.47. The smallest absolute Gasteiger partial charge is 0.0212 e. The van der Waals surface area contributed by atoms with E-state index >= 15 is 0 Å². The molecule has 1 saturated heterocycles. The minimum atomic E-state index is 0.476. The second-order valence-electron chi connectivity index (χ2n) is 7.72. The summed E-state index contributed by atoms with van der Waals surface area (Å²) in [7, 11) is 0. The van der Waals surface area contributed by atoms with Gasteiger partial charge in [0.2, 0.25) is 0 Å². The molecule has 0 N–H and O–H groups in total. The van der Waals surface area contributed by atoms with E-state index in [1.165, 1.54) is 51.6 Å². The fraction of sp³-hybridized carbons (Fsp3) is 1.00. The van der Waals surface area contributed by atoms with E-state index < -0.39 is 0 Å². The summed E-state index contributed by atoms with van der Waals surface area (Å²) < 4.78 is 0. The summed E-state index contributed by atoms with van der Waals surface area (Å²) in [6.45, 7) is 15.0. The zero-order valence-corrected chi connectivity index (χ0v) is 12.6. The normalized spacial score (nSPS) is 37.2. The van der Waals surface area contributed by atoms with Crippen LogP contribution in [-0.4, -0.2) is 23.5 Å². The Labute approximate surface area is 108 Å². The van der Waals surface area contributed by atoms with Gasteiger partial charge in [-0.3, -0.25) is 4.90 Å². The summed E-state index contributed by atoms with van der Waals surface area (Å²) >= 11 is 0. The molecule has 1 saturated carbocycles. The summed E-state index contributed by atoms with van der Waals surface area (Å²) in [5, 5.41) is 0. The monoisotopic (exact) mass is 237 g/mol. The van der Waals surface area contributed by atoms with E-state index in [-0.39, 0.29) is 0 Å². The van der Waals surface area contributed by atoms with Crippen molar-refractivity contribution in [1.82, 2.24) is 4.90 Å². The molecule has 0 aromatic heterocycles. The van der Waals surface area contributed by atoms with Crippen LogP contribution in [0.15, 0.2) is 0 Å². The lowest BCUT2D eigenvalue weighted by molar-refractivity contribution is -0.0569. The molecule has 1 heterocycles. The quantitative estimate of drug-likeness (QED) is 0.685. The maximum absolute atomic E-state index is 2.82. The van der Waals surface area contributed by atoms with Crippen molar-refractivity contribution in [2.24, 2.45) is 10.8 Å². The first-order valence-corrected chi connectivity index (χ1v) is 7.58. The standard InChI is InChI=1S/C16H31N/c1-6-16(17-11-7-8-12-17)10-9-14(2,3)15(4,5)13-16/h6-13H2,1-5H3. The fourth-order valence-corrected chi connectivity index (χ4v) is 4.02. The van der Waals surface area contributed by atoms with Crippen LogP contribution in [0.4, 0.5) is 0 Å². The van der Waals surface area contributed by atoms with E-state index in [9.17, 15) is 0 Å². The van der Waals surface area contributed by atoms with Crippen LogP contribution < -0.4 is 0 Å². The van der Waals surface area contributed by atoms with Crippen molar-refractivity contribution in [1.29, 1.82) is 0 Å². The highest BCUT2D eigenvalue weighted by molar-refractivity contribution is 5.04. The molecule has 0 amide bonds. The second-order valence-corrected chi connectivity index (χ2v) is 7.72. The molecule has 2 aliphatic rings. The first-order chi connectivity index (χ1) is 7.83. The van der Waals surface area contributed by atoms with Gasteiger partial charge in [-0.25, -0.2) is 0 Å². The molecule has 0 aromatic carbocycles. The van der Waals surface area contributed by atoms with E-state index in [0.717, 1.165) is 0 Å². The summed E-state index contributed by atoms with van der Waals surface area (Å²) in [5.74, 6) is 0. The Bertz CT molecular complexity index is 273. The lowest BCUT2D eigenvalue weighted by Crippen LogP contribution is -2.56. The Kier molecular flexibility index (Phi) is 3.36. The van der Waals surface area contributed by atoms with E-state index in [0.29, 0.717) is 16.4 Å². The lowest BCUT2D eigenvalue weighted by atomic mass is 9.54. The summed E-state index contributed by atoms with van der Waals surface area (Å²) in [4.78, 5) is 2.82. The van der Waals surface area contributed by atoms with E-state index in [1.54, 1.807) is 0 Å². The van der Waals surface area contributed by atoms with Crippen molar-refractivity contribution in [2.45, 2.75) is 78.7 Å². The van der Waals surface area contributed by atoms with E-state index in [1.807, 2.05) is 0 Å². The highest BCUT2D eigenvalue weighted by Crippen LogP contribution is 2.55. The predicted molar refractivity (Wildman–Crippen MR) is 75.2 cm³/mol. The molecule has 1 unspecified atom stereocenters. The molecule has 1 heteroatoms. The minimum Gasteiger partial charge on any atom is -0.298 e. The third-order valence-electron chi connectivity index (χ3n) is 6.25. The first-order valence-electron chi connectivity index (χ1n) is 7.58. The van der Waals surface area contributed by atoms with E-state index in [4.69, 9.17) is 0 Å². The van der Waals surface area contributed by atoms with Crippen LogP contribution >= 0.6 is 0 Å². The van der Waals surface area contributed by atoms with Crippen molar-refractivity contribution in [2.75, 3.05) is 13.1 Å². The largest absolute Gasteiger partial charge is 0.298 e. The van der Waals surface area contributed by atoms with Crippen molar-refractivity contribution in [3.8, 4) is 0 Å². The molecule has 0 spiro atoms. The Morgan fingerprint density at radius 1 is 0.882 bits per heavy atom. The third kappa shape index (κ3) is 2.16. The van der Waals surface area contributed by atoms with Crippen LogP contribution in [0.1, 0.15) is 73.1 Å². The SMILES string of the molecule is CCC1(N2CCCC2)CCC(C)(C)C(C)(C)C1.